The lowest BCUT2D eigenvalue weighted by Gasteiger charge is -2.25. The normalized spacial score (nSPS) is 18.6. The number of anilines is 2. The Morgan fingerprint density at radius 1 is 1.18 bits per heavy atom. The Morgan fingerprint density at radius 2 is 1.96 bits per heavy atom. The third kappa shape index (κ3) is 3.14. The molecule has 4 rings (SSSR count). The monoisotopic (exact) mass is 397 g/mol. The van der Waals surface area contributed by atoms with Crippen LogP contribution >= 0.6 is 11.6 Å². The smallest absolute Gasteiger partial charge is 0.256 e. The number of hydrogen-bond acceptors (Lipinski definition) is 3. The summed E-state index contributed by atoms with van der Waals surface area (Å²) in [5.41, 5.74) is 2.29. The quantitative estimate of drug-likeness (QED) is 0.864. The molecule has 1 atom stereocenters. The van der Waals surface area contributed by atoms with Gasteiger partial charge in [-0.15, -0.1) is 0 Å². The van der Waals surface area contributed by atoms with Crippen molar-refractivity contribution >= 4 is 40.7 Å². The second-order valence-corrected chi connectivity index (χ2v) is 7.47. The van der Waals surface area contributed by atoms with E-state index < -0.39 is 6.04 Å². The first-order valence-electron chi connectivity index (χ1n) is 9.23. The van der Waals surface area contributed by atoms with Crippen molar-refractivity contribution in [3.63, 3.8) is 0 Å². The van der Waals surface area contributed by atoms with Crippen LogP contribution in [0.1, 0.15) is 28.8 Å². The van der Waals surface area contributed by atoms with Crippen LogP contribution in [0.5, 0.6) is 0 Å². The fourth-order valence-corrected chi connectivity index (χ4v) is 4.02. The minimum atomic E-state index is -0.513. The number of nitrogens with zero attached hydrogens (tertiary/aromatic N) is 2. The van der Waals surface area contributed by atoms with Gasteiger partial charge in [0.1, 0.15) is 12.6 Å². The third-order valence-corrected chi connectivity index (χ3v) is 5.74. The zero-order valence-corrected chi connectivity index (χ0v) is 16.2. The Labute approximate surface area is 168 Å². The summed E-state index contributed by atoms with van der Waals surface area (Å²) < 4.78 is 0. The Bertz CT molecular complexity index is 975. The number of para-hydroxylation sites is 1. The van der Waals surface area contributed by atoms with Gasteiger partial charge < -0.3 is 15.1 Å². The molecule has 6 nitrogen and oxygen atoms in total. The van der Waals surface area contributed by atoms with Crippen LogP contribution < -0.4 is 10.2 Å². The van der Waals surface area contributed by atoms with Gasteiger partial charge in [0.15, 0.2) is 0 Å². The van der Waals surface area contributed by atoms with Crippen LogP contribution in [0.2, 0.25) is 5.02 Å². The molecule has 0 aliphatic carbocycles. The summed E-state index contributed by atoms with van der Waals surface area (Å²) in [5, 5.41) is 3.38. The van der Waals surface area contributed by atoms with E-state index in [1.54, 1.807) is 47.4 Å². The fourth-order valence-electron chi connectivity index (χ4n) is 3.85. The molecule has 2 aromatic carbocycles. The number of carbonyl (C=O) groups excluding carboxylic acids is 3. The molecule has 2 aliphatic rings. The average molecular weight is 398 g/mol. The molecule has 2 aliphatic heterocycles. The van der Waals surface area contributed by atoms with Crippen molar-refractivity contribution in [3.8, 4) is 0 Å². The molecule has 0 aromatic heterocycles. The topological polar surface area (TPSA) is 69.7 Å². The number of amides is 3. The van der Waals surface area contributed by atoms with Crippen molar-refractivity contribution in [2.45, 2.75) is 25.8 Å². The molecule has 0 bridgehead atoms. The van der Waals surface area contributed by atoms with E-state index >= 15 is 0 Å². The Hall–Kier alpha value is -2.86. The van der Waals surface area contributed by atoms with Crippen molar-refractivity contribution < 1.29 is 14.4 Å². The van der Waals surface area contributed by atoms with Gasteiger partial charge in [-0.1, -0.05) is 29.8 Å². The molecule has 1 unspecified atom stereocenters. The number of fused-ring (bicyclic) bond motifs is 2. The van der Waals surface area contributed by atoms with Gasteiger partial charge in [-0.2, -0.15) is 0 Å². The van der Waals surface area contributed by atoms with Crippen molar-refractivity contribution in [1.29, 1.82) is 0 Å². The van der Waals surface area contributed by atoms with E-state index in [1.165, 1.54) is 4.90 Å². The summed E-state index contributed by atoms with van der Waals surface area (Å²) in [6.07, 6.45) is 1.40. The van der Waals surface area contributed by atoms with Crippen LogP contribution in [-0.4, -0.2) is 41.8 Å². The van der Waals surface area contributed by atoms with E-state index in [0.717, 1.165) is 12.0 Å². The maximum absolute atomic E-state index is 13.2. The van der Waals surface area contributed by atoms with Crippen molar-refractivity contribution in [1.82, 2.24) is 4.90 Å². The highest BCUT2D eigenvalue weighted by Crippen LogP contribution is 2.32. The maximum atomic E-state index is 13.2. The van der Waals surface area contributed by atoms with Crippen molar-refractivity contribution in [2.75, 3.05) is 23.3 Å². The minimum absolute atomic E-state index is 0.153. The summed E-state index contributed by atoms with van der Waals surface area (Å²) in [6, 6.07) is 11.7. The highest BCUT2D eigenvalue weighted by atomic mass is 35.5. The summed E-state index contributed by atoms with van der Waals surface area (Å²) in [4.78, 5) is 41.9. The lowest BCUT2D eigenvalue weighted by molar-refractivity contribution is -0.124. The van der Waals surface area contributed by atoms with Crippen LogP contribution in [0.4, 0.5) is 11.4 Å². The van der Waals surface area contributed by atoms with E-state index in [4.69, 9.17) is 11.6 Å². The van der Waals surface area contributed by atoms with Crippen LogP contribution in [0.3, 0.4) is 0 Å². The molecule has 1 saturated heterocycles. The van der Waals surface area contributed by atoms with Crippen LogP contribution in [-0.2, 0) is 9.59 Å². The maximum Gasteiger partial charge on any atom is 0.256 e. The Kier molecular flexibility index (Phi) is 4.81. The SMILES string of the molecule is Cc1c(Cl)cccc1NC(=O)CN1C(=O)C2CCCN2C(=O)c2ccccc21. The van der Waals surface area contributed by atoms with Gasteiger partial charge in [0.25, 0.3) is 5.91 Å². The molecule has 0 radical (unpaired) electrons. The van der Waals surface area contributed by atoms with Crippen molar-refractivity contribution in [2.24, 2.45) is 0 Å². The molecular formula is C21H20ClN3O3. The molecule has 144 valence electrons. The second kappa shape index (κ2) is 7.28. The van der Waals surface area contributed by atoms with E-state index in [0.29, 0.717) is 34.9 Å². The molecule has 1 fully saturated rings. The first kappa shape index (κ1) is 18.5. The largest absolute Gasteiger partial charge is 0.327 e. The molecule has 2 aromatic rings. The number of nitrogens with one attached hydrogen (secondary N) is 1. The zero-order valence-electron chi connectivity index (χ0n) is 15.4. The summed E-state index contributed by atoms with van der Waals surface area (Å²) >= 11 is 6.12. The highest BCUT2D eigenvalue weighted by molar-refractivity contribution is 6.31. The molecule has 2 heterocycles. The summed E-state index contributed by atoms with van der Waals surface area (Å²) in [7, 11) is 0. The predicted molar refractivity (Wildman–Crippen MR) is 108 cm³/mol. The lowest BCUT2D eigenvalue weighted by atomic mass is 10.1. The van der Waals surface area contributed by atoms with Gasteiger partial charge in [-0.25, -0.2) is 0 Å². The molecular weight excluding hydrogens is 378 g/mol. The third-order valence-electron chi connectivity index (χ3n) is 5.33. The van der Waals surface area contributed by atoms with Crippen LogP contribution in [0.15, 0.2) is 42.5 Å². The number of benzene rings is 2. The van der Waals surface area contributed by atoms with Gasteiger partial charge in [0.05, 0.1) is 11.3 Å². The second-order valence-electron chi connectivity index (χ2n) is 7.06. The molecule has 3 amide bonds. The summed E-state index contributed by atoms with van der Waals surface area (Å²) in [5.74, 6) is -0.707. The van der Waals surface area contributed by atoms with Crippen molar-refractivity contribution in [3.05, 3.63) is 58.6 Å². The number of rotatable bonds is 3. The fraction of sp³-hybridized carbons (Fsp3) is 0.286. The van der Waals surface area contributed by atoms with E-state index in [2.05, 4.69) is 5.32 Å². The lowest BCUT2D eigenvalue weighted by Crippen LogP contribution is -2.47. The van der Waals surface area contributed by atoms with Gasteiger partial charge >= 0.3 is 0 Å². The van der Waals surface area contributed by atoms with Crippen LogP contribution in [0.25, 0.3) is 0 Å². The number of halogens is 1. The van der Waals surface area contributed by atoms with E-state index in [-0.39, 0.29) is 24.3 Å². The molecule has 28 heavy (non-hydrogen) atoms. The molecule has 7 heteroatoms. The standard InChI is InChI=1S/C21H20ClN3O3/c1-13-15(22)7-4-8-16(13)23-19(26)12-25-17-9-3-2-6-14(17)20(27)24-11-5-10-18(24)21(25)28/h2-4,6-9,18H,5,10-12H2,1H3,(H,23,26). The Morgan fingerprint density at radius 3 is 2.79 bits per heavy atom. The van der Waals surface area contributed by atoms with Gasteiger partial charge in [0.2, 0.25) is 11.8 Å². The molecule has 0 saturated carbocycles. The first-order chi connectivity index (χ1) is 13.5. The zero-order chi connectivity index (χ0) is 19.8. The minimum Gasteiger partial charge on any atom is -0.327 e. The molecule has 1 N–H and O–H groups in total. The van der Waals surface area contributed by atoms with Gasteiger partial charge in [-0.3, -0.25) is 14.4 Å². The van der Waals surface area contributed by atoms with Gasteiger partial charge in [0, 0.05) is 17.3 Å². The molecule has 0 spiro atoms. The van der Waals surface area contributed by atoms with Gasteiger partial charge in [-0.05, 0) is 49.6 Å². The number of hydrogen-bond donors (Lipinski definition) is 1. The first-order valence-corrected chi connectivity index (χ1v) is 9.61. The number of carbonyl (C=O) groups is 3. The Balaban J connectivity index is 1.64. The van der Waals surface area contributed by atoms with Crippen LogP contribution in [0, 0.1) is 6.92 Å². The average Bonchev–Trinajstić information content (AvgIpc) is 3.16. The summed E-state index contributed by atoms with van der Waals surface area (Å²) in [6.45, 7) is 2.21. The highest BCUT2D eigenvalue weighted by Gasteiger charge is 2.42. The predicted octanol–water partition coefficient (Wildman–Crippen LogP) is 3.24. The van der Waals surface area contributed by atoms with E-state index in [9.17, 15) is 14.4 Å². The van der Waals surface area contributed by atoms with E-state index in [1.807, 2.05) is 6.92 Å².